The molecular formula is C34H24S5. The van der Waals surface area contributed by atoms with Gasteiger partial charge < -0.3 is 0 Å². The summed E-state index contributed by atoms with van der Waals surface area (Å²) < 4.78 is 0. The largest absolute Gasteiger partial charge is 0.140 e. The summed E-state index contributed by atoms with van der Waals surface area (Å²) >= 11 is 9.49. The Morgan fingerprint density at radius 2 is 0.692 bits per heavy atom. The number of hydrogen-bond donors (Lipinski definition) is 0. The monoisotopic (exact) mass is 592 g/mol. The van der Waals surface area contributed by atoms with Crippen molar-refractivity contribution >= 4 is 56.7 Å². The van der Waals surface area contributed by atoms with Crippen molar-refractivity contribution in [3.8, 4) is 61.3 Å². The zero-order valence-corrected chi connectivity index (χ0v) is 25.5. The Bertz CT molecular complexity index is 1740. The molecule has 0 saturated carbocycles. The van der Waals surface area contributed by atoms with Gasteiger partial charge in [0.2, 0.25) is 0 Å². The highest BCUT2D eigenvalue weighted by Gasteiger charge is 2.25. The Kier molecular flexibility index (Phi) is 6.71. The van der Waals surface area contributed by atoms with Crippen molar-refractivity contribution in [2.75, 3.05) is 0 Å². The van der Waals surface area contributed by atoms with Gasteiger partial charge in [0.25, 0.3) is 0 Å². The molecule has 0 N–H and O–H groups in total. The minimum Gasteiger partial charge on any atom is -0.140 e. The van der Waals surface area contributed by atoms with Crippen LogP contribution in [0.1, 0.15) is 9.75 Å². The normalized spacial score (nSPS) is 11.3. The second-order valence-electron chi connectivity index (χ2n) is 9.39. The first-order valence-corrected chi connectivity index (χ1v) is 16.8. The SMILES string of the molecule is Cc1ccc(-c2ccc(-c3sc(-c4ccc(-c5ccc(C)s5)s4)c(-c4ccccc4)c3-c3ccccc3)s2)s1. The van der Waals surface area contributed by atoms with E-state index in [4.69, 9.17) is 0 Å². The first kappa shape index (κ1) is 24.9. The number of benzene rings is 2. The van der Waals surface area contributed by atoms with Gasteiger partial charge in [-0.3, -0.25) is 0 Å². The molecule has 190 valence electrons. The summed E-state index contributed by atoms with van der Waals surface area (Å²) in [6.45, 7) is 4.36. The molecule has 0 unspecified atom stereocenters. The van der Waals surface area contributed by atoms with E-state index < -0.39 is 0 Å². The van der Waals surface area contributed by atoms with Gasteiger partial charge in [0, 0.05) is 50.1 Å². The van der Waals surface area contributed by atoms with Crippen molar-refractivity contribution in [1.29, 1.82) is 0 Å². The van der Waals surface area contributed by atoms with Crippen LogP contribution in [0.5, 0.6) is 0 Å². The lowest BCUT2D eigenvalue weighted by Crippen LogP contribution is -1.84. The summed E-state index contributed by atoms with van der Waals surface area (Å²) in [4.78, 5) is 13.4. The lowest BCUT2D eigenvalue weighted by Gasteiger charge is -2.09. The third kappa shape index (κ3) is 4.79. The quantitative estimate of drug-likeness (QED) is 0.180. The molecule has 0 saturated heterocycles. The zero-order chi connectivity index (χ0) is 26.3. The van der Waals surface area contributed by atoms with Crippen molar-refractivity contribution in [1.82, 2.24) is 0 Å². The van der Waals surface area contributed by atoms with E-state index in [2.05, 4.69) is 123 Å². The summed E-state index contributed by atoms with van der Waals surface area (Å²) in [6.07, 6.45) is 0. The standard InChI is InChI=1S/C34H24S5/c1-21-13-15-25(35-21)27-17-19-29(37-27)33-31(23-9-5-3-6-10-23)32(24-11-7-4-8-12-24)34(39-33)30-20-18-28(38-30)26-16-14-22(2)36-26/h3-20H,1-2H3. The van der Waals surface area contributed by atoms with Crippen molar-refractivity contribution in [2.45, 2.75) is 13.8 Å². The molecule has 0 spiro atoms. The van der Waals surface area contributed by atoms with Crippen molar-refractivity contribution in [3.63, 3.8) is 0 Å². The van der Waals surface area contributed by atoms with E-state index >= 15 is 0 Å². The second-order valence-corrected chi connectivity index (χ2v) is 15.2. The maximum atomic E-state index is 2.32. The molecule has 0 fully saturated rings. The predicted molar refractivity (Wildman–Crippen MR) is 178 cm³/mol. The van der Waals surface area contributed by atoms with E-state index in [0.717, 1.165) is 0 Å². The second kappa shape index (κ2) is 10.5. The fraction of sp³-hybridized carbons (Fsp3) is 0.0588. The van der Waals surface area contributed by atoms with Crippen LogP contribution in [0.2, 0.25) is 0 Å². The van der Waals surface area contributed by atoms with Crippen LogP contribution < -0.4 is 0 Å². The summed E-state index contributed by atoms with van der Waals surface area (Å²) in [7, 11) is 0. The molecule has 7 aromatic rings. The highest BCUT2D eigenvalue weighted by atomic mass is 32.1. The van der Waals surface area contributed by atoms with Gasteiger partial charge in [-0.15, -0.1) is 56.7 Å². The van der Waals surface area contributed by atoms with Crippen LogP contribution in [0.3, 0.4) is 0 Å². The molecule has 5 heteroatoms. The highest BCUT2D eigenvalue weighted by molar-refractivity contribution is 7.30. The molecule has 5 aromatic heterocycles. The van der Waals surface area contributed by atoms with E-state index in [-0.39, 0.29) is 0 Å². The van der Waals surface area contributed by atoms with E-state index in [9.17, 15) is 0 Å². The molecule has 39 heavy (non-hydrogen) atoms. The molecule has 7 rings (SSSR count). The van der Waals surface area contributed by atoms with Gasteiger partial charge in [-0.1, -0.05) is 60.7 Å². The van der Waals surface area contributed by atoms with Gasteiger partial charge >= 0.3 is 0 Å². The minimum absolute atomic E-state index is 1.27. The molecule has 0 atom stereocenters. The maximum Gasteiger partial charge on any atom is 0.0534 e. The number of thiophene rings is 5. The predicted octanol–water partition coefficient (Wildman–Crippen LogP) is 12.6. The molecule has 5 heterocycles. The van der Waals surface area contributed by atoms with Crippen LogP contribution in [0.15, 0.2) is 109 Å². The Morgan fingerprint density at radius 1 is 0.333 bits per heavy atom. The number of rotatable bonds is 6. The van der Waals surface area contributed by atoms with Crippen molar-refractivity contribution in [3.05, 3.63) is 119 Å². The number of aryl methyl sites for hydroxylation is 2. The van der Waals surface area contributed by atoms with Gasteiger partial charge in [0.1, 0.15) is 0 Å². The van der Waals surface area contributed by atoms with E-state index in [1.54, 1.807) is 0 Å². The lowest BCUT2D eigenvalue weighted by molar-refractivity contribution is 1.63. The fourth-order valence-electron chi connectivity index (χ4n) is 4.86. The Hall–Kier alpha value is -3.06. The molecule has 0 aliphatic heterocycles. The van der Waals surface area contributed by atoms with Gasteiger partial charge in [-0.2, -0.15) is 0 Å². The molecule has 0 amide bonds. The number of hydrogen-bond acceptors (Lipinski definition) is 5. The van der Waals surface area contributed by atoms with E-state index in [1.165, 1.54) is 71.0 Å². The smallest absolute Gasteiger partial charge is 0.0534 e. The highest BCUT2D eigenvalue weighted by Crippen LogP contribution is 2.55. The van der Waals surface area contributed by atoms with Crippen LogP contribution in [0.25, 0.3) is 61.3 Å². The zero-order valence-electron chi connectivity index (χ0n) is 21.4. The Labute approximate surface area is 249 Å². The average Bonchev–Trinajstić information content (AvgIpc) is 3.79. The first-order valence-electron chi connectivity index (χ1n) is 12.8. The van der Waals surface area contributed by atoms with Gasteiger partial charge in [-0.25, -0.2) is 0 Å². The van der Waals surface area contributed by atoms with Crippen molar-refractivity contribution in [2.24, 2.45) is 0 Å². The maximum absolute atomic E-state index is 2.32. The van der Waals surface area contributed by atoms with Crippen LogP contribution in [-0.2, 0) is 0 Å². The van der Waals surface area contributed by atoms with E-state index in [0.29, 0.717) is 0 Å². The summed E-state index contributed by atoms with van der Waals surface area (Å²) in [5, 5.41) is 0. The molecule has 0 radical (unpaired) electrons. The van der Waals surface area contributed by atoms with Crippen LogP contribution >= 0.6 is 56.7 Å². The van der Waals surface area contributed by atoms with Gasteiger partial charge in [0.15, 0.2) is 0 Å². The molecule has 0 bridgehead atoms. The summed E-state index contributed by atoms with van der Waals surface area (Å²) in [5.74, 6) is 0. The van der Waals surface area contributed by atoms with Crippen LogP contribution in [0, 0.1) is 13.8 Å². The minimum atomic E-state index is 1.27. The lowest BCUT2D eigenvalue weighted by atomic mass is 9.94. The molecular weight excluding hydrogens is 569 g/mol. The van der Waals surface area contributed by atoms with Crippen LogP contribution in [-0.4, -0.2) is 0 Å². The van der Waals surface area contributed by atoms with Gasteiger partial charge in [-0.05, 0) is 73.5 Å². The average molecular weight is 593 g/mol. The fourth-order valence-corrected chi connectivity index (χ4v) is 10.4. The molecule has 2 aromatic carbocycles. The molecule has 0 nitrogen and oxygen atoms in total. The third-order valence-electron chi connectivity index (χ3n) is 6.66. The summed E-state index contributed by atoms with van der Waals surface area (Å²) in [6, 6.07) is 40.0. The Morgan fingerprint density at radius 3 is 1.08 bits per heavy atom. The van der Waals surface area contributed by atoms with Crippen molar-refractivity contribution < 1.29 is 0 Å². The Balaban J connectivity index is 1.46. The third-order valence-corrected chi connectivity index (χ3v) is 12.8. The molecule has 0 aliphatic rings. The summed E-state index contributed by atoms with van der Waals surface area (Å²) in [5.41, 5.74) is 5.20. The topological polar surface area (TPSA) is 0 Å². The molecule has 0 aliphatic carbocycles. The van der Waals surface area contributed by atoms with E-state index in [1.807, 2.05) is 56.7 Å². The van der Waals surface area contributed by atoms with Gasteiger partial charge in [0.05, 0.1) is 9.75 Å². The first-order chi connectivity index (χ1) is 19.1. The van der Waals surface area contributed by atoms with Crippen LogP contribution in [0.4, 0.5) is 0 Å².